The van der Waals surface area contributed by atoms with Crippen molar-refractivity contribution >= 4 is 28.6 Å². The quantitative estimate of drug-likeness (QED) is 0.391. The molecule has 1 heterocycles. The van der Waals surface area contributed by atoms with Gasteiger partial charge in [-0.2, -0.15) is 0 Å². The van der Waals surface area contributed by atoms with Crippen molar-refractivity contribution in [3.05, 3.63) is 53.6 Å². The molecule has 1 atom stereocenters. The van der Waals surface area contributed by atoms with Crippen LogP contribution < -0.4 is 5.32 Å². The molecule has 3 aromatic rings. The topological polar surface area (TPSA) is 56.1 Å². The highest BCUT2D eigenvalue weighted by atomic mass is 16.5. The number of aryl methyl sites for hydroxylation is 1. The molecular weight excluding hydrogens is 410 g/mol. The fourth-order valence-electron chi connectivity index (χ4n) is 5.07. The molecule has 0 bridgehead atoms. The van der Waals surface area contributed by atoms with Gasteiger partial charge < -0.3 is 14.6 Å². The Kier molecular flexibility index (Phi) is 6.78. The van der Waals surface area contributed by atoms with Crippen molar-refractivity contribution < 1.29 is 9.53 Å². The lowest BCUT2D eigenvalue weighted by atomic mass is 9.75. The van der Waals surface area contributed by atoms with E-state index in [0.29, 0.717) is 30.2 Å². The number of carbonyl (C=O) groups excluding carboxylic acids is 1. The number of fused-ring (bicyclic) bond motifs is 1. The number of hydrogen-bond donors (Lipinski definition) is 1. The molecule has 1 aromatic heterocycles. The second-order valence-corrected chi connectivity index (χ2v) is 10.5. The summed E-state index contributed by atoms with van der Waals surface area (Å²) in [5.41, 5.74) is 5.95. The number of benzene rings is 2. The number of hydrogen-bond acceptors (Lipinski definition) is 4. The molecule has 176 valence electrons. The van der Waals surface area contributed by atoms with E-state index in [1.54, 1.807) is 0 Å². The zero-order valence-electron chi connectivity index (χ0n) is 20.6. The molecule has 0 radical (unpaired) electrons. The number of rotatable bonds is 7. The van der Waals surface area contributed by atoms with E-state index >= 15 is 0 Å². The summed E-state index contributed by atoms with van der Waals surface area (Å²) in [7, 11) is 1.44. The molecule has 0 aliphatic heterocycles. The number of carbonyl (C=O) groups is 1. The number of nitrogens with zero attached hydrogens (tertiary/aromatic N) is 2. The molecule has 0 amide bonds. The number of esters is 1. The van der Waals surface area contributed by atoms with Gasteiger partial charge in [0.25, 0.3) is 0 Å². The SMILES string of the molecule is COC(=O)CCc1ccc2c(c1)nc(Nc1ccc(C(C)C)cc1)n2[C@H]1CCCC(C)(C)C1. The third-order valence-corrected chi connectivity index (χ3v) is 6.98. The van der Waals surface area contributed by atoms with Crippen molar-refractivity contribution in [3.8, 4) is 0 Å². The van der Waals surface area contributed by atoms with Crippen LogP contribution in [-0.4, -0.2) is 22.6 Å². The molecule has 1 fully saturated rings. The summed E-state index contributed by atoms with van der Waals surface area (Å²) in [4.78, 5) is 16.6. The van der Waals surface area contributed by atoms with Gasteiger partial charge in [-0.25, -0.2) is 4.98 Å². The largest absolute Gasteiger partial charge is 0.469 e. The van der Waals surface area contributed by atoms with Crippen molar-refractivity contribution in [2.45, 2.75) is 78.2 Å². The number of nitrogens with one attached hydrogen (secondary N) is 1. The fraction of sp³-hybridized carbons (Fsp3) is 0.500. The lowest BCUT2D eigenvalue weighted by Crippen LogP contribution is -2.25. The van der Waals surface area contributed by atoms with E-state index in [-0.39, 0.29) is 5.97 Å². The van der Waals surface area contributed by atoms with E-state index in [1.807, 2.05) is 0 Å². The minimum Gasteiger partial charge on any atom is -0.469 e. The van der Waals surface area contributed by atoms with Crippen LogP contribution in [0, 0.1) is 5.41 Å². The summed E-state index contributed by atoms with van der Waals surface area (Å²) in [6, 6.07) is 15.5. The van der Waals surface area contributed by atoms with Crippen molar-refractivity contribution in [2.75, 3.05) is 12.4 Å². The molecular formula is C28H37N3O2. The van der Waals surface area contributed by atoms with Crippen molar-refractivity contribution in [1.82, 2.24) is 9.55 Å². The highest BCUT2D eigenvalue weighted by Gasteiger charge is 2.31. The third kappa shape index (κ3) is 5.40. The minimum atomic E-state index is -0.183. The molecule has 1 aliphatic rings. The van der Waals surface area contributed by atoms with Gasteiger partial charge in [-0.1, -0.05) is 52.3 Å². The Morgan fingerprint density at radius 1 is 1.21 bits per heavy atom. The Hall–Kier alpha value is -2.82. The molecule has 5 nitrogen and oxygen atoms in total. The molecule has 4 rings (SSSR count). The molecule has 0 spiro atoms. The zero-order chi connectivity index (χ0) is 23.6. The van der Waals surface area contributed by atoms with Crippen LogP contribution >= 0.6 is 0 Å². The van der Waals surface area contributed by atoms with E-state index in [4.69, 9.17) is 9.72 Å². The standard InChI is InChI=1S/C28H37N3O2/c1-19(2)21-10-12-22(13-11-21)29-27-30-24-17-20(9-15-26(32)33-5)8-14-25(24)31(27)23-7-6-16-28(3,4)18-23/h8,10-14,17,19,23H,6-7,9,15-16,18H2,1-5H3,(H,29,30)/t23-/m0/s1. The van der Waals surface area contributed by atoms with Crippen LogP contribution in [0.2, 0.25) is 0 Å². The van der Waals surface area contributed by atoms with Gasteiger partial charge in [-0.05, 0) is 72.4 Å². The van der Waals surface area contributed by atoms with Gasteiger partial charge in [0.2, 0.25) is 5.95 Å². The van der Waals surface area contributed by atoms with Gasteiger partial charge in [-0.15, -0.1) is 0 Å². The van der Waals surface area contributed by atoms with Crippen molar-refractivity contribution in [2.24, 2.45) is 5.41 Å². The molecule has 1 saturated carbocycles. The van der Waals surface area contributed by atoms with Gasteiger partial charge in [0.1, 0.15) is 0 Å². The second kappa shape index (κ2) is 9.58. The average molecular weight is 448 g/mol. The van der Waals surface area contributed by atoms with E-state index in [1.165, 1.54) is 31.9 Å². The monoisotopic (exact) mass is 447 g/mol. The maximum Gasteiger partial charge on any atom is 0.305 e. The number of methoxy groups -OCH3 is 1. The maximum atomic E-state index is 11.6. The lowest BCUT2D eigenvalue weighted by Gasteiger charge is -2.36. The number of anilines is 2. The summed E-state index contributed by atoms with van der Waals surface area (Å²) in [5.74, 6) is 1.23. The smallest absolute Gasteiger partial charge is 0.305 e. The Morgan fingerprint density at radius 2 is 1.97 bits per heavy atom. The molecule has 0 unspecified atom stereocenters. The highest BCUT2D eigenvalue weighted by Crippen LogP contribution is 2.43. The van der Waals surface area contributed by atoms with Crippen LogP contribution in [0.1, 0.15) is 82.9 Å². The molecule has 0 saturated heterocycles. The molecule has 5 heteroatoms. The average Bonchev–Trinajstić information content (AvgIpc) is 3.14. The van der Waals surface area contributed by atoms with E-state index in [2.05, 4.69) is 80.0 Å². The van der Waals surface area contributed by atoms with Gasteiger partial charge in [0.15, 0.2) is 0 Å². The Labute approximate surface area is 197 Å². The first-order valence-corrected chi connectivity index (χ1v) is 12.2. The second-order valence-electron chi connectivity index (χ2n) is 10.5. The normalized spacial score (nSPS) is 17.9. The fourth-order valence-corrected chi connectivity index (χ4v) is 5.07. The van der Waals surface area contributed by atoms with Gasteiger partial charge in [-0.3, -0.25) is 4.79 Å². The Morgan fingerprint density at radius 3 is 2.64 bits per heavy atom. The van der Waals surface area contributed by atoms with Gasteiger partial charge in [0.05, 0.1) is 18.1 Å². The van der Waals surface area contributed by atoms with E-state index in [0.717, 1.165) is 34.7 Å². The van der Waals surface area contributed by atoms with Crippen LogP contribution in [0.5, 0.6) is 0 Å². The van der Waals surface area contributed by atoms with E-state index < -0.39 is 0 Å². The first-order chi connectivity index (χ1) is 15.8. The third-order valence-electron chi connectivity index (χ3n) is 6.98. The minimum absolute atomic E-state index is 0.183. The summed E-state index contributed by atoms with van der Waals surface area (Å²) in [6.45, 7) is 9.18. The predicted octanol–water partition coefficient (Wildman–Crippen LogP) is 7.15. The first kappa shape index (κ1) is 23.3. The Bertz CT molecular complexity index is 1110. The molecule has 1 N–H and O–H groups in total. The zero-order valence-corrected chi connectivity index (χ0v) is 20.6. The summed E-state index contributed by atoms with van der Waals surface area (Å²) >= 11 is 0. The summed E-state index contributed by atoms with van der Waals surface area (Å²) in [6.07, 6.45) is 5.85. The first-order valence-electron chi connectivity index (χ1n) is 12.2. The van der Waals surface area contributed by atoms with Crippen molar-refractivity contribution in [1.29, 1.82) is 0 Å². The number of ether oxygens (including phenoxy) is 1. The van der Waals surface area contributed by atoms with Crippen LogP contribution in [0.4, 0.5) is 11.6 Å². The molecule has 33 heavy (non-hydrogen) atoms. The highest BCUT2D eigenvalue weighted by molar-refractivity contribution is 5.81. The maximum absolute atomic E-state index is 11.6. The van der Waals surface area contributed by atoms with Gasteiger partial charge >= 0.3 is 5.97 Å². The van der Waals surface area contributed by atoms with Crippen LogP contribution in [0.25, 0.3) is 11.0 Å². The molecule has 1 aliphatic carbocycles. The van der Waals surface area contributed by atoms with Crippen LogP contribution in [-0.2, 0) is 16.0 Å². The van der Waals surface area contributed by atoms with Crippen LogP contribution in [0.3, 0.4) is 0 Å². The number of imidazole rings is 1. The Balaban J connectivity index is 1.70. The summed E-state index contributed by atoms with van der Waals surface area (Å²) in [5, 5.41) is 3.61. The van der Waals surface area contributed by atoms with Crippen molar-refractivity contribution in [3.63, 3.8) is 0 Å². The molecule has 2 aromatic carbocycles. The number of aromatic nitrogens is 2. The van der Waals surface area contributed by atoms with Crippen LogP contribution in [0.15, 0.2) is 42.5 Å². The van der Waals surface area contributed by atoms with E-state index in [9.17, 15) is 4.79 Å². The summed E-state index contributed by atoms with van der Waals surface area (Å²) < 4.78 is 7.22. The predicted molar refractivity (Wildman–Crippen MR) is 135 cm³/mol. The lowest BCUT2D eigenvalue weighted by molar-refractivity contribution is -0.140. The van der Waals surface area contributed by atoms with Gasteiger partial charge in [0, 0.05) is 18.2 Å².